The number of nitrogens with zero attached hydrogens (tertiary/aromatic N) is 2. The Kier molecular flexibility index (Phi) is 4.89. The fourth-order valence-corrected chi connectivity index (χ4v) is 3.50. The minimum Gasteiger partial charge on any atom is -0.301 e. The van der Waals surface area contributed by atoms with Crippen LogP contribution in [0.3, 0.4) is 0 Å². The molecule has 0 bridgehead atoms. The lowest BCUT2D eigenvalue weighted by atomic mass is 10.1. The minimum atomic E-state index is -0.233. The fourth-order valence-electron chi connectivity index (χ4n) is 1.95. The van der Waals surface area contributed by atoms with Crippen LogP contribution in [0.2, 0.25) is 0 Å². The highest BCUT2D eigenvalue weighted by molar-refractivity contribution is 7.23. The number of carbonyl (C=O) groups excluding carboxylic acids is 2. The summed E-state index contributed by atoms with van der Waals surface area (Å²) in [6, 6.07) is 12.9. The zero-order valence-corrected chi connectivity index (χ0v) is 13.7. The molecule has 0 fully saturated rings. The van der Waals surface area contributed by atoms with E-state index in [4.69, 9.17) is 0 Å². The largest absolute Gasteiger partial charge is 0.301 e. The van der Waals surface area contributed by atoms with Gasteiger partial charge in [-0.05, 0) is 11.4 Å². The van der Waals surface area contributed by atoms with Gasteiger partial charge in [0.2, 0.25) is 11.0 Å². The summed E-state index contributed by atoms with van der Waals surface area (Å²) in [4.78, 5) is 24.9. The first kappa shape index (κ1) is 15.5. The normalized spacial score (nSPS) is 10.4. The van der Waals surface area contributed by atoms with Crippen molar-refractivity contribution in [3.63, 3.8) is 0 Å². The maximum absolute atomic E-state index is 12.0. The van der Waals surface area contributed by atoms with Crippen molar-refractivity contribution < 1.29 is 9.59 Å². The molecule has 1 amide bonds. The lowest BCUT2D eigenvalue weighted by molar-refractivity contribution is -0.116. The summed E-state index contributed by atoms with van der Waals surface area (Å²) in [5.41, 5.74) is 0.621. The van der Waals surface area contributed by atoms with Gasteiger partial charge in [-0.25, -0.2) is 0 Å². The van der Waals surface area contributed by atoms with Gasteiger partial charge in [0, 0.05) is 18.4 Å². The van der Waals surface area contributed by atoms with Crippen LogP contribution in [0.15, 0.2) is 47.8 Å². The van der Waals surface area contributed by atoms with Crippen molar-refractivity contribution in [2.24, 2.45) is 0 Å². The molecule has 2 aromatic heterocycles. The smallest absolute Gasteiger partial charge is 0.226 e. The highest BCUT2D eigenvalue weighted by Gasteiger charge is 2.12. The van der Waals surface area contributed by atoms with E-state index in [9.17, 15) is 9.59 Å². The first-order valence-corrected chi connectivity index (χ1v) is 8.67. The number of hydrogen-bond donors (Lipinski definition) is 1. The first-order chi connectivity index (χ1) is 11.2. The van der Waals surface area contributed by atoms with E-state index in [2.05, 4.69) is 15.5 Å². The average Bonchev–Trinajstić information content (AvgIpc) is 3.24. The number of ketones is 1. The molecule has 0 aliphatic rings. The third kappa shape index (κ3) is 4.08. The molecular weight excluding hydrogens is 330 g/mol. The molecule has 23 heavy (non-hydrogen) atoms. The van der Waals surface area contributed by atoms with E-state index in [1.54, 1.807) is 35.6 Å². The van der Waals surface area contributed by atoms with Crippen LogP contribution in [0.4, 0.5) is 5.13 Å². The Labute approximate surface area is 141 Å². The average molecular weight is 343 g/mol. The number of rotatable bonds is 6. The fraction of sp³-hybridized carbons (Fsp3) is 0.125. The van der Waals surface area contributed by atoms with Crippen LogP contribution in [-0.4, -0.2) is 21.9 Å². The predicted molar refractivity (Wildman–Crippen MR) is 91.9 cm³/mol. The molecule has 0 aliphatic carbocycles. The molecular formula is C16H13N3O2S2. The Bertz CT molecular complexity index is 798. The van der Waals surface area contributed by atoms with Gasteiger partial charge in [0.05, 0.1) is 4.88 Å². The Hall–Kier alpha value is -2.38. The van der Waals surface area contributed by atoms with Crippen molar-refractivity contribution in [1.82, 2.24) is 10.2 Å². The molecule has 1 N–H and O–H groups in total. The van der Waals surface area contributed by atoms with Gasteiger partial charge in [-0.1, -0.05) is 47.7 Å². The van der Waals surface area contributed by atoms with Crippen LogP contribution in [0.5, 0.6) is 0 Å². The number of carbonyl (C=O) groups is 2. The SMILES string of the molecule is O=C(CCC(=O)c1ccccc1)Nc1nnc(-c2cccs2)s1. The summed E-state index contributed by atoms with van der Waals surface area (Å²) in [5.74, 6) is -0.277. The maximum Gasteiger partial charge on any atom is 0.226 e. The van der Waals surface area contributed by atoms with E-state index in [0.29, 0.717) is 10.7 Å². The maximum atomic E-state index is 12.0. The summed E-state index contributed by atoms with van der Waals surface area (Å²) in [6.07, 6.45) is 0.300. The number of Topliss-reactive ketones (excluding diaryl/α,β-unsaturated/α-hetero) is 1. The molecule has 0 aliphatic heterocycles. The topological polar surface area (TPSA) is 72.0 Å². The van der Waals surface area contributed by atoms with Gasteiger partial charge in [0.1, 0.15) is 0 Å². The van der Waals surface area contributed by atoms with Crippen molar-refractivity contribution in [1.29, 1.82) is 0 Å². The summed E-state index contributed by atoms with van der Waals surface area (Å²) in [6.45, 7) is 0. The molecule has 0 unspecified atom stereocenters. The Morgan fingerprint density at radius 2 is 1.83 bits per heavy atom. The molecule has 0 radical (unpaired) electrons. The van der Waals surface area contributed by atoms with Crippen molar-refractivity contribution in [3.05, 3.63) is 53.4 Å². The molecule has 1 aromatic carbocycles. The standard InChI is InChI=1S/C16H13N3O2S2/c20-12(11-5-2-1-3-6-11)8-9-14(21)17-16-19-18-15(23-16)13-7-4-10-22-13/h1-7,10H,8-9H2,(H,17,19,21). The number of aromatic nitrogens is 2. The van der Waals surface area contributed by atoms with Crippen LogP contribution in [0.1, 0.15) is 23.2 Å². The van der Waals surface area contributed by atoms with E-state index < -0.39 is 0 Å². The van der Waals surface area contributed by atoms with E-state index >= 15 is 0 Å². The summed E-state index contributed by atoms with van der Waals surface area (Å²) in [7, 11) is 0. The number of anilines is 1. The van der Waals surface area contributed by atoms with Gasteiger partial charge in [-0.3, -0.25) is 9.59 Å². The molecule has 3 aromatic rings. The Balaban J connectivity index is 1.53. The predicted octanol–water partition coefficient (Wildman–Crippen LogP) is 3.87. The second-order valence-electron chi connectivity index (χ2n) is 4.73. The minimum absolute atomic E-state index is 0.0442. The molecule has 7 heteroatoms. The number of benzene rings is 1. The van der Waals surface area contributed by atoms with E-state index in [-0.39, 0.29) is 24.5 Å². The summed E-state index contributed by atoms with van der Waals surface area (Å²) < 4.78 is 0. The van der Waals surface area contributed by atoms with Crippen LogP contribution < -0.4 is 5.32 Å². The van der Waals surface area contributed by atoms with Gasteiger partial charge < -0.3 is 5.32 Å². The number of thiophene rings is 1. The summed E-state index contributed by atoms with van der Waals surface area (Å²) >= 11 is 2.89. The van der Waals surface area contributed by atoms with E-state index in [0.717, 1.165) is 9.88 Å². The zero-order valence-electron chi connectivity index (χ0n) is 12.1. The molecule has 3 rings (SSSR count). The molecule has 0 spiro atoms. The molecule has 0 saturated heterocycles. The van der Waals surface area contributed by atoms with Gasteiger partial charge in [-0.15, -0.1) is 21.5 Å². The van der Waals surface area contributed by atoms with Gasteiger partial charge in [0.25, 0.3) is 0 Å². The van der Waals surface area contributed by atoms with Crippen molar-refractivity contribution in [2.45, 2.75) is 12.8 Å². The van der Waals surface area contributed by atoms with Gasteiger partial charge in [0.15, 0.2) is 10.8 Å². The lowest BCUT2D eigenvalue weighted by Crippen LogP contribution is -2.13. The number of nitrogens with one attached hydrogen (secondary N) is 1. The van der Waals surface area contributed by atoms with E-state index in [1.807, 2.05) is 23.6 Å². The van der Waals surface area contributed by atoms with Crippen molar-refractivity contribution >= 4 is 39.5 Å². The first-order valence-electron chi connectivity index (χ1n) is 6.98. The van der Waals surface area contributed by atoms with Crippen molar-refractivity contribution in [2.75, 3.05) is 5.32 Å². The zero-order chi connectivity index (χ0) is 16.1. The van der Waals surface area contributed by atoms with Crippen molar-refractivity contribution in [3.8, 4) is 9.88 Å². The number of amides is 1. The number of hydrogen-bond acceptors (Lipinski definition) is 6. The Morgan fingerprint density at radius 1 is 1.00 bits per heavy atom. The highest BCUT2D eigenvalue weighted by atomic mass is 32.1. The molecule has 2 heterocycles. The monoisotopic (exact) mass is 343 g/mol. The molecule has 116 valence electrons. The third-order valence-electron chi connectivity index (χ3n) is 3.08. The van der Waals surface area contributed by atoms with Crippen LogP contribution in [-0.2, 0) is 4.79 Å². The second-order valence-corrected chi connectivity index (χ2v) is 6.65. The quantitative estimate of drug-likeness (QED) is 0.690. The Morgan fingerprint density at radius 3 is 2.57 bits per heavy atom. The lowest BCUT2D eigenvalue weighted by Gasteiger charge is -2.01. The second kappa shape index (κ2) is 7.26. The van der Waals surface area contributed by atoms with Crippen LogP contribution >= 0.6 is 22.7 Å². The van der Waals surface area contributed by atoms with Gasteiger partial charge in [-0.2, -0.15) is 0 Å². The highest BCUT2D eigenvalue weighted by Crippen LogP contribution is 2.29. The summed E-state index contributed by atoms with van der Waals surface area (Å²) in [5, 5.41) is 13.9. The van der Waals surface area contributed by atoms with Crippen LogP contribution in [0, 0.1) is 0 Å². The molecule has 5 nitrogen and oxygen atoms in total. The molecule has 0 atom stereocenters. The van der Waals surface area contributed by atoms with E-state index in [1.165, 1.54) is 11.3 Å². The molecule has 0 saturated carbocycles. The van der Waals surface area contributed by atoms with Gasteiger partial charge >= 0.3 is 0 Å². The van der Waals surface area contributed by atoms with Crippen LogP contribution in [0.25, 0.3) is 9.88 Å². The third-order valence-corrected chi connectivity index (χ3v) is 4.96.